The first-order valence-electron chi connectivity index (χ1n) is 12.5. The molecule has 0 spiro atoms. The molecule has 4 aliphatic heterocycles. The number of hydrogen-bond donors (Lipinski definition) is 2. The summed E-state index contributed by atoms with van der Waals surface area (Å²) in [7, 11) is 0. The van der Waals surface area contributed by atoms with Gasteiger partial charge in [-0.2, -0.15) is 0 Å². The fourth-order valence-corrected chi connectivity index (χ4v) is 5.66. The number of imide groups is 1. The molecule has 0 bridgehead atoms. The van der Waals surface area contributed by atoms with Gasteiger partial charge in [0.2, 0.25) is 11.8 Å². The molecule has 1 aromatic rings. The number of carbonyl (C=O) groups excluding carboxylic acids is 3. The Labute approximate surface area is 195 Å². The van der Waals surface area contributed by atoms with Crippen molar-refractivity contribution in [1.29, 1.82) is 0 Å². The minimum atomic E-state index is -0.552. The number of piperazine rings is 1. The SMILES string of the molecule is O=C1CCC(N2Cc3ccc(CN4CCN(CCC5CCCNC5)CC4)cc3C2=O)C(=O)N1. The highest BCUT2D eigenvalue weighted by Gasteiger charge is 2.39. The summed E-state index contributed by atoms with van der Waals surface area (Å²) in [5.41, 5.74) is 2.82. The van der Waals surface area contributed by atoms with Gasteiger partial charge in [0.25, 0.3) is 5.91 Å². The van der Waals surface area contributed by atoms with E-state index >= 15 is 0 Å². The maximum Gasteiger partial charge on any atom is 0.255 e. The van der Waals surface area contributed by atoms with Crippen LogP contribution in [0.25, 0.3) is 0 Å². The summed E-state index contributed by atoms with van der Waals surface area (Å²) in [6, 6.07) is 5.60. The van der Waals surface area contributed by atoms with E-state index in [1.807, 2.05) is 12.1 Å². The van der Waals surface area contributed by atoms with Crippen molar-refractivity contribution in [3.05, 3.63) is 34.9 Å². The maximum atomic E-state index is 13.0. The minimum absolute atomic E-state index is 0.0941. The summed E-state index contributed by atoms with van der Waals surface area (Å²) in [6.45, 7) is 9.16. The lowest BCUT2D eigenvalue weighted by molar-refractivity contribution is -0.136. The Balaban J connectivity index is 1.12. The molecule has 1 aromatic carbocycles. The van der Waals surface area contributed by atoms with Crippen LogP contribution >= 0.6 is 0 Å². The van der Waals surface area contributed by atoms with Gasteiger partial charge in [-0.05, 0) is 68.4 Å². The highest BCUT2D eigenvalue weighted by Crippen LogP contribution is 2.28. The molecule has 4 heterocycles. The molecule has 33 heavy (non-hydrogen) atoms. The van der Waals surface area contributed by atoms with Crippen molar-refractivity contribution in [2.45, 2.75) is 51.2 Å². The van der Waals surface area contributed by atoms with Gasteiger partial charge in [0.05, 0.1) is 0 Å². The Morgan fingerprint density at radius 1 is 1.00 bits per heavy atom. The Morgan fingerprint density at radius 3 is 2.58 bits per heavy atom. The van der Waals surface area contributed by atoms with Crippen molar-refractivity contribution >= 4 is 17.7 Å². The predicted molar refractivity (Wildman–Crippen MR) is 124 cm³/mol. The van der Waals surface area contributed by atoms with Crippen LogP contribution in [0, 0.1) is 5.92 Å². The van der Waals surface area contributed by atoms with E-state index < -0.39 is 6.04 Å². The normalized spacial score (nSPS) is 27.0. The van der Waals surface area contributed by atoms with E-state index in [1.54, 1.807) is 4.90 Å². The zero-order valence-electron chi connectivity index (χ0n) is 19.4. The van der Waals surface area contributed by atoms with Crippen LogP contribution in [0.4, 0.5) is 0 Å². The third-order valence-corrected chi connectivity index (χ3v) is 7.72. The van der Waals surface area contributed by atoms with Crippen LogP contribution in [0.2, 0.25) is 0 Å². The molecule has 3 saturated heterocycles. The molecule has 4 aliphatic rings. The fourth-order valence-electron chi connectivity index (χ4n) is 5.66. The van der Waals surface area contributed by atoms with E-state index in [9.17, 15) is 14.4 Å². The van der Waals surface area contributed by atoms with E-state index in [1.165, 1.54) is 38.9 Å². The number of carbonyl (C=O) groups is 3. The van der Waals surface area contributed by atoms with Crippen molar-refractivity contribution < 1.29 is 14.4 Å². The second kappa shape index (κ2) is 9.91. The third-order valence-electron chi connectivity index (χ3n) is 7.72. The summed E-state index contributed by atoms with van der Waals surface area (Å²) in [5.74, 6) is 0.128. The number of rotatable bonds is 6. The van der Waals surface area contributed by atoms with Crippen molar-refractivity contribution in [2.24, 2.45) is 5.92 Å². The molecule has 2 unspecified atom stereocenters. The van der Waals surface area contributed by atoms with Gasteiger partial charge in [0.15, 0.2) is 0 Å². The molecule has 5 rings (SSSR count). The topological polar surface area (TPSA) is 85.0 Å². The summed E-state index contributed by atoms with van der Waals surface area (Å²) in [5, 5.41) is 5.88. The largest absolute Gasteiger partial charge is 0.322 e. The molecule has 0 aliphatic carbocycles. The Hall–Kier alpha value is -2.29. The van der Waals surface area contributed by atoms with E-state index in [0.29, 0.717) is 18.5 Å². The van der Waals surface area contributed by atoms with Gasteiger partial charge >= 0.3 is 0 Å². The van der Waals surface area contributed by atoms with Gasteiger partial charge in [-0.3, -0.25) is 24.6 Å². The van der Waals surface area contributed by atoms with Gasteiger partial charge in [-0.25, -0.2) is 0 Å². The second-order valence-electron chi connectivity index (χ2n) is 10.0. The van der Waals surface area contributed by atoms with Gasteiger partial charge < -0.3 is 15.1 Å². The molecule has 0 saturated carbocycles. The zero-order valence-corrected chi connectivity index (χ0v) is 19.4. The van der Waals surface area contributed by atoms with Crippen LogP contribution in [0.15, 0.2) is 18.2 Å². The molecule has 3 amide bonds. The highest BCUT2D eigenvalue weighted by molar-refractivity contribution is 6.05. The standard InChI is InChI=1S/C25H35N5O3/c31-23-6-5-22(24(32)27-23)30-17-20-4-3-19(14-21(20)25(30)33)16-29-12-10-28(11-13-29)9-7-18-2-1-8-26-15-18/h3-4,14,18,22,26H,1-2,5-13,15-17H2,(H,27,31,32). The highest BCUT2D eigenvalue weighted by atomic mass is 16.2. The molecule has 178 valence electrons. The molecule has 8 nitrogen and oxygen atoms in total. The Bertz CT molecular complexity index is 905. The number of nitrogens with one attached hydrogen (secondary N) is 2. The smallest absolute Gasteiger partial charge is 0.255 e. The van der Waals surface area contributed by atoms with Crippen LogP contribution in [-0.4, -0.2) is 84.3 Å². The van der Waals surface area contributed by atoms with Crippen molar-refractivity contribution in [2.75, 3.05) is 45.8 Å². The predicted octanol–water partition coefficient (Wildman–Crippen LogP) is 0.955. The average Bonchev–Trinajstić information content (AvgIpc) is 3.15. The monoisotopic (exact) mass is 453 g/mol. The van der Waals surface area contributed by atoms with Crippen LogP contribution in [0.3, 0.4) is 0 Å². The number of benzene rings is 1. The molecule has 3 fully saturated rings. The van der Waals surface area contributed by atoms with E-state index in [-0.39, 0.29) is 24.1 Å². The number of fused-ring (bicyclic) bond motifs is 1. The molecular weight excluding hydrogens is 418 g/mol. The quantitative estimate of drug-likeness (QED) is 0.624. The van der Waals surface area contributed by atoms with E-state index in [4.69, 9.17) is 0 Å². The van der Waals surface area contributed by atoms with Crippen LogP contribution < -0.4 is 10.6 Å². The van der Waals surface area contributed by atoms with Crippen LogP contribution in [0.1, 0.15) is 53.6 Å². The average molecular weight is 454 g/mol. The van der Waals surface area contributed by atoms with E-state index in [2.05, 4.69) is 26.5 Å². The molecule has 2 N–H and O–H groups in total. The molecular formula is C25H35N5O3. The van der Waals surface area contributed by atoms with Crippen molar-refractivity contribution in [3.63, 3.8) is 0 Å². The van der Waals surface area contributed by atoms with Gasteiger partial charge in [0.1, 0.15) is 6.04 Å². The number of nitrogens with zero attached hydrogens (tertiary/aromatic N) is 3. The number of hydrogen-bond acceptors (Lipinski definition) is 6. The maximum absolute atomic E-state index is 13.0. The summed E-state index contributed by atoms with van der Waals surface area (Å²) in [4.78, 5) is 43.4. The van der Waals surface area contributed by atoms with E-state index in [0.717, 1.165) is 49.8 Å². The summed E-state index contributed by atoms with van der Waals surface area (Å²) in [6.07, 6.45) is 4.66. The third kappa shape index (κ3) is 5.13. The number of piperidine rings is 2. The van der Waals surface area contributed by atoms with Crippen molar-refractivity contribution in [3.8, 4) is 0 Å². The zero-order chi connectivity index (χ0) is 22.8. The first kappa shape index (κ1) is 22.5. The lowest BCUT2D eigenvalue weighted by Crippen LogP contribution is -2.52. The second-order valence-corrected chi connectivity index (χ2v) is 10.0. The lowest BCUT2D eigenvalue weighted by atomic mass is 9.96. The van der Waals surface area contributed by atoms with Crippen LogP contribution in [0.5, 0.6) is 0 Å². The summed E-state index contributed by atoms with van der Waals surface area (Å²) < 4.78 is 0. The lowest BCUT2D eigenvalue weighted by Gasteiger charge is -2.35. The Morgan fingerprint density at radius 2 is 1.82 bits per heavy atom. The molecule has 0 aromatic heterocycles. The van der Waals surface area contributed by atoms with Gasteiger partial charge in [-0.1, -0.05) is 12.1 Å². The fraction of sp³-hybridized carbons (Fsp3) is 0.640. The molecule has 2 atom stereocenters. The van der Waals surface area contributed by atoms with Crippen molar-refractivity contribution in [1.82, 2.24) is 25.3 Å². The summed E-state index contributed by atoms with van der Waals surface area (Å²) >= 11 is 0. The van der Waals surface area contributed by atoms with Crippen LogP contribution in [-0.2, 0) is 22.7 Å². The van der Waals surface area contributed by atoms with Gasteiger partial charge in [-0.15, -0.1) is 0 Å². The first-order chi connectivity index (χ1) is 16.1. The molecule has 8 heteroatoms. The minimum Gasteiger partial charge on any atom is -0.322 e. The van der Waals surface area contributed by atoms with Gasteiger partial charge in [0, 0.05) is 51.3 Å². The first-order valence-corrected chi connectivity index (χ1v) is 12.5. The molecule has 0 radical (unpaired) electrons. The Kier molecular flexibility index (Phi) is 6.76. The number of amides is 3.